The van der Waals surface area contributed by atoms with E-state index in [-0.39, 0.29) is 6.04 Å². The number of aryl methyl sites for hydroxylation is 1. The van der Waals surface area contributed by atoms with Crippen LogP contribution in [-0.2, 0) is 17.8 Å². The lowest BCUT2D eigenvalue weighted by molar-refractivity contribution is -0.134. The highest BCUT2D eigenvalue weighted by Gasteiger charge is 2.26. The first kappa shape index (κ1) is 16.3. The highest BCUT2D eigenvalue weighted by molar-refractivity contribution is 9.10. The van der Waals surface area contributed by atoms with Crippen molar-refractivity contribution in [1.29, 1.82) is 0 Å². The van der Waals surface area contributed by atoms with Gasteiger partial charge < -0.3 is 9.47 Å². The molecule has 1 atom stereocenters. The van der Waals surface area contributed by atoms with Gasteiger partial charge >= 0.3 is 0 Å². The zero-order valence-electron chi connectivity index (χ0n) is 13.5. The van der Waals surface area contributed by atoms with Crippen molar-refractivity contribution < 1.29 is 4.79 Å². The largest absolute Gasteiger partial charge is 0.348 e. The molecule has 0 saturated heterocycles. The van der Waals surface area contributed by atoms with Crippen LogP contribution in [0.1, 0.15) is 43.5 Å². The number of aromatic nitrogens is 1. The van der Waals surface area contributed by atoms with Crippen molar-refractivity contribution in [3.05, 3.63) is 58.3 Å². The fourth-order valence-corrected chi connectivity index (χ4v) is 3.58. The third-order valence-electron chi connectivity index (χ3n) is 4.68. The van der Waals surface area contributed by atoms with E-state index in [1.807, 2.05) is 4.90 Å². The average molecular weight is 375 g/mol. The van der Waals surface area contributed by atoms with E-state index in [9.17, 15) is 4.79 Å². The molecule has 0 aliphatic carbocycles. The Balaban J connectivity index is 1.46. The molecule has 0 bridgehead atoms. The summed E-state index contributed by atoms with van der Waals surface area (Å²) in [5, 5.41) is 0. The van der Waals surface area contributed by atoms with E-state index in [1.165, 1.54) is 11.3 Å². The Kier molecular flexibility index (Phi) is 5.21. The van der Waals surface area contributed by atoms with Crippen molar-refractivity contribution in [3.63, 3.8) is 0 Å². The van der Waals surface area contributed by atoms with Crippen LogP contribution < -0.4 is 0 Å². The summed E-state index contributed by atoms with van der Waals surface area (Å²) in [4.78, 5) is 14.5. The summed E-state index contributed by atoms with van der Waals surface area (Å²) >= 11 is 3.45. The lowest BCUT2D eigenvalue weighted by Gasteiger charge is -2.35. The minimum absolute atomic E-state index is 0.192. The Morgan fingerprint density at radius 1 is 1.17 bits per heavy atom. The maximum atomic E-state index is 12.5. The molecule has 1 amide bonds. The highest BCUT2D eigenvalue weighted by atomic mass is 79.9. The zero-order valence-corrected chi connectivity index (χ0v) is 15.1. The summed E-state index contributed by atoms with van der Waals surface area (Å²) < 4.78 is 3.36. The van der Waals surface area contributed by atoms with E-state index in [2.05, 4.69) is 70.0 Å². The summed E-state index contributed by atoms with van der Waals surface area (Å²) in [6, 6.07) is 12.8. The van der Waals surface area contributed by atoms with Gasteiger partial charge in [-0.1, -0.05) is 28.1 Å². The fourth-order valence-electron chi connectivity index (χ4n) is 3.32. The molecule has 1 aliphatic rings. The Morgan fingerprint density at radius 2 is 1.96 bits per heavy atom. The number of hydrogen-bond donors (Lipinski definition) is 0. The van der Waals surface area contributed by atoms with Crippen LogP contribution >= 0.6 is 15.9 Å². The van der Waals surface area contributed by atoms with Gasteiger partial charge in [-0.25, -0.2) is 0 Å². The first-order chi connectivity index (χ1) is 11.1. The molecule has 0 fully saturated rings. The van der Waals surface area contributed by atoms with Gasteiger partial charge in [0, 0.05) is 35.9 Å². The molecule has 1 aromatic carbocycles. The van der Waals surface area contributed by atoms with E-state index in [1.54, 1.807) is 0 Å². The van der Waals surface area contributed by atoms with Crippen molar-refractivity contribution in [2.24, 2.45) is 0 Å². The molecule has 1 aliphatic heterocycles. The van der Waals surface area contributed by atoms with Gasteiger partial charge in [-0.15, -0.1) is 0 Å². The van der Waals surface area contributed by atoms with E-state index in [0.717, 1.165) is 36.8 Å². The molecule has 0 saturated carbocycles. The molecule has 3 rings (SSSR count). The second-order valence-corrected chi connectivity index (χ2v) is 7.14. The molecular weight excluding hydrogens is 352 g/mol. The summed E-state index contributed by atoms with van der Waals surface area (Å²) in [5.74, 6) is 0.292. The molecule has 1 unspecified atom stereocenters. The van der Waals surface area contributed by atoms with Crippen LogP contribution in [0.5, 0.6) is 0 Å². The van der Waals surface area contributed by atoms with Gasteiger partial charge in [0.05, 0.1) is 6.04 Å². The van der Waals surface area contributed by atoms with Crippen LogP contribution in [-0.4, -0.2) is 21.9 Å². The van der Waals surface area contributed by atoms with Gasteiger partial charge in [-0.05, 0) is 56.0 Å². The van der Waals surface area contributed by atoms with E-state index in [0.29, 0.717) is 12.3 Å². The normalized spacial score (nSPS) is 17.1. The average Bonchev–Trinajstić information content (AvgIpc) is 3.03. The third-order valence-corrected chi connectivity index (χ3v) is 5.21. The van der Waals surface area contributed by atoms with Crippen LogP contribution in [0.3, 0.4) is 0 Å². The summed E-state index contributed by atoms with van der Waals surface area (Å²) in [5.41, 5.74) is 2.59. The number of halogens is 1. The van der Waals surface area contributed by atoms with Gasteiger partial charge in [0.25, 0.3) is 0 Å². The predicted molar refractivity (Wildman–Crippen MR) is 96.3 cm³/mol. The monoisotopic (exact) mass is 374 g/mol. The molecule has 0 spiro atoms. The van der Waals surface area contributed by atoms with Gasteiger partial charge in [0.15, 0.2) is 0 Å². The molecular formula is C19H23BrN2O. The minimum Gasteiger partial charge on any atom is -0.348 e. The van der Waals surface area contributed by atoms with Crippen molar-refractivity contribution in [2.75, 3.05) is 6.54 Å². The van der Waals surface area contributed by atoms with Crippen molar-refractivity contribution >= 4 is 21.8 Å². The molecule has 2 heterocycles. The SMILES string of the molecule is CC1c2cccn2CCN1C(=O)CCCCc1ccc(Br)cc1. The number of nitrogens with zero attached hydrogens (tertiary/aromatic N) is 2. The van der Waals surface area contributed by atoms with E-state index < -0.39 is 0 Å². The summed E-state index contributed by atoms with van der Waals surface area (Å²) in [7, 11) is 0. The standard InChI is InChI=1S/C19H23BrN2O/c1-15-18-6-4-12-21(18)13-14-22(15)19(23)7-3-2-5-16-8-10-17(20)11-9-16/h4,6,8-12,15H,2-3,5,7,13-14H2,1H3. The van der Waals surface area contributed by atoms with Crippen molar-refractivity contribution in [2.45, 2.75) is 45.2 Å². The zero-order chi connectivity index (χ0) is 16.2. The van der Waals surface area contributed by atoms with Crippen LogP contribution in [0.2, 0.25) is 0 Å². The first-order valence-corrected chi connectivity index (χ1v) is 9.13. The fraction of sp³-hybridized carbons (Fsp3) is 0.421. The second-order valence-electron chi connectivity index (χ2n) is 6.22. The predicted octanol–water partition coefficient (Wildman–Crippen LogP) is 4.57. The van der Waals surface area contributed by atoms with Crippen LogP contribution in [0.25, 0.3) is 0 Å². The number of rotatable bonds is 5. The highest BCUT2D eigenvalue weighted by Crippen LogP contribution is 2.26. The van der Waals surface area contributed by atoms with Gasteiger partial charge in [-0.3, -0.25) is 4.79 Å². The minimum atomic E-state index is 0.192. The van der Waals surface area contributed by atoms with Crippen LogP contribution in [0.4, 0.5) is 0 Å². The van der Waals surface area contributed by atoms with Crippen molar-refractivity contribution in [1.82, 2.24) is 9.47 Å². The number of carbonyl (C=O) groups excluding carboxylic acids is 1. The lowest BCUT2D eigenvalue weighted by atomic mass is 10.1. The number of unbranched alkanes of at least 4 members (excludes halogenated alkanes) is 1. The smallest absolute Gasteiger partial charge is 0.223 e. The number of carbonyl (C=O) groups is 1. The van der Waals surface area contributed by atoms with Crippen LogP contribution in [0.15, 0.2) is 47.1 Å². The molecule has 2 aromatic rings. The number of fused-ring (bicyclic) bond motifs is 1. The molecule has 0 radical (unpaired) electrons. The Morgan fingerprint density at radius 3 is 2.74 bits per heavy atom. The van der Waals surface area contributed by atoms with Gasteiger partial charge in [0.1, 0.15) is 0 Å². The maximum absolute atomic E-state index is 12.5. The quantitative estimate of drug-likeness (QED) is 0.703. The van der Waals surface area contributed by atoms with E-state index in [4.69, 9.17) is 0 Å². The van der Waals surface area contributed by atoms with Crippen LogP contribution in [0, 0.1) is 0 Å². The van der Waals surface area contributed by atoms with E-state index >= 15 is 0 Å². The molecule has 3 nitrogen and oxygen atoms in total. The lowest BCUT2D eigenvalue weighted by Crippen LogP contribution is -2.40. The number of benzene rings is 1. The van der Waals surface area contributed by atoms with Crippen molar-refractivity contribution in [3.8, 4) is 0 Å². The Hall–Kier alpha value is -1.55. The molecule has 4 heteroatoms. The second kappa shape index (κ2) is 7.35. The third kappa shape index (κ3) is 3.86. The Labute approximate surface area is 146 Å². The summed E-state index contributed by atoms with van der Waals surface area (Å²) in [6.45, 7) is 3.87. The number of hydrogen-bond acceptors (Lipinski definition) is 1. The van der Waals surface area contributed by atoms with Gasteiger partial charge in [-0.2, -0.15) is 0 Å². The molecule has 1 aromatic heterocycles. The number of amides is 1. The maximum Gasteiger partial charge on any atom is 0.223 e. The summed E-state index contributed by atoms with van der Waals surface area (Å²) in [6.07, 6.45) is 5.82. The molecule has 0 N–H and O–H groups in total. The topological polar surface area (TPSA) is 25.2 Å². The first-order valence-electron chi connectivity index (χ1n) is 8.34. The Bertz CT molecular complexity index is 662. The molecule has 122 valence electrons. The molecule has 23 heavy (non-hydrogen) atoms. The van der Waals surface area contributed by atoms with Gasteiger partial charge in [0.2, 0.25) is 5.91 Å².